The number of nitrogens with one attached hydrogen (secondary N) is 1. The Morgan fingerprint density at radius 1 is 1.43 bits per heavy atom. The molecule has 0 spiro atoms. The number of nitrogens with two attached hydrogens (primary N) is 1. The summed E-state index contributed by atoms with van der Waals surface area (Å²) in [6, 6.07) is 7.77. The van der Waals surface area contributed by atoms with Crippen molar-refractivity contribution >= 4 is 35.3 Å². The number of aromatic nitrogens is 1. The number of nitrogens with zero attached hydrogens (tertiary/aromatic N) is 1. The lowest BCUT2D eigenvalue weighted by Gasteiger charge is -2.13. The van der Waals surface area contributed by atoms with Gasteiger partial charge in [0.15, 0.2) is 10.2 Å². The molecule has 0 saturated carbocycles. The number of aryl methyl sites for hydroxylation is 1. The minimum Gasteiger partial charge on any atom is -0.383 e. The summed E-state index contributed by atoms with van der Waals surface area (Å²) < 4.78 is 12.3. The van der Waals surface area contributed by atoms with E-state index in [1.165, 1.54) is 25.6 Å². The Morgan fingerprint density at radius 2 is 2.13 bits per heavy atom. The van der Waals surface area contributed by atoms with Crippen LogP contribution in [-0.4, -0.2) is 37.5 Å². The maximum Gasteiger partial charge on any atom is 0.265 e. The smallest absolute Gasteiger partial charge is 0.265 e. The number of hydrogen-bond donors (Lipinski definition) is 2. The maximum atomic E-state index is 12.3. The molecule has 0 aliphatic rings. The number of thiazole rings is 1. The van der Waals surface area contributed by atoms with Gasteiger partial charge in [0.1, 0.15) is 10.7 Å². The van der Waals surface area contributed by atoms with Crippen LogP contribution < -0.4 is 11.1 Å². The number of anilines is 1. The van der Waals surface area contributed by atoms with Gasteiger partial charge in [-0.2, -0.15) is 0 Å². The molecule has 0 bridgehead atoms. The summed E-state index contributed by atoms with van der Waals surface area (Å²) in [5.41, 5.74) is 8.07. The lowest BCUT2D eigenvalue weighted by molar-refractivity contribution is -0.0974. The SMILES string of the molecule is COC(CNC(=O)c1sc(=S)n(-c2cccc(C)c2)c1N)OC. The number of rotatable bonds is 6. The van der Waals surface area contributed by atoms with Crippen LogP contribution in [0.25, 0.3) is 5.69 Å². The van der Waals surface area contributed by atoms with E-state index in [9.17, 15) is 4.79 Å². The number of hydrogen-bond acceptors (Lipinski definition) is 6. The van der Waals surface area contributed by atoms with E-state index in [1.807, 2.05) is 31.2 Å². The fraction of sp³-hybridized carbons (Fsp3) is 0.333. The number of nitrogen functional groups attached to an aromatic ring is 1. The summed E-state index contributed by atoms with van der Waals surface area (Å²) in [5.74, 6) is 0.0265. The highest BCUT2D eigenvalue weighted by molar-refractivity contribution is 7.73. The molecule has 3 N–H and O–H groups in total. The number of carbonyl (C=O) groups is 1. The minimum absolute atomic E-state index is 0.223. The third-order valence-electron chi connectivity index (χ3n) is 3.27. The predicted octanol–water partition coefficient (Wildman–Crippen LogP) is 2.51. The Kier molecular flexibility index (Phi) is 5.89. The minimum atomic E-state index is -0.507. The molecule has 1 aromatic heterocycles. The van der Waals surface area contributed by atoms with E-state index in [0.717, 1.165) is 11.3 Å². The van der Waals surface area contributed by atoms with Crippen LogP contribution in [-0.2, 0) is 9.47 Å². The van der Waals surface area contributed by atoms with Crippen molar-refractivity contribution in [2.24, 2.45) is 0 Å². The zero-order valence-electron chi connectivity index (χ0n) is 13.2. The number of ether oxygens (including phenoxy) is 2. The van der Waals surface area contributed by atoms with Crippen LogP contribution in [0.4, 0.5) is 5.82 Å². The summed E-state index contributed by atoms with van der Waals surface area (Å²) >= 11 is 6.53. The van der Waals surface area contributed by atoms with E-state index >= 15 is 0 Å². The van der Waals surface area contributed by atoms with Gasteiger partial charge in [0.05, 0.1) is 6.54 Å². The van der Waals surface area contributed by atoms with Crippen LogP contribution in [0.15, 0.2) is 24.3 Å². The summed E-state index contributed by atoms with van der Waals surface area (Å²) in [6.45, 7) is 2.21. The lowest BCUT2D eigenvalue weighted by Crippen LogP contribution is -2.34. The Bertz CT molecular complexity index is 751. The Hall–Kier alpha value is -1.74. The second kappa shape index (κ2) is 7.69. The molecule has 124 valence electrons. The van der Waals surface area contributed by atoms with Gasteiger partial charge in [-0.05, 0) is 36.8 Å². The zero-order chi connectivity index (χ0) is 17.0. The van der Waals surface area contributed by atoms with Crippen molar-refractivity contribution in [3.63, 3.8) is 0 Å². The van der Waals surface area contributed by atoms with Gasteiger partial charge in [0.25, 0.3) is 5.91 Å². The quantitative estimate of drug-likeness (QED) is 0.616. The molecule has 2 rings (SSSR count). The molecule has 0 aliphatic carbocycles. The van der Waals surface area contributed by atoms with E-state index < -0.39 is 6.29 Å². The molecule has 6 nitrogen and oxygen atoms in total. The van der Waals surface area contributed by atoms with Crippen LogP contribution in [0.2, 0.25) is 0 Å². The second-order valence-electron chi connectivity index (χ2n) is 4.87. The van der Waals surface area contributed by atoms with Gasteiger partial charge in [-0.15, -0.1) is 0 Å². The maximum absolute atomic E-state index is 12.3. The molecular weight excluding hydrogens is 334 g/mol. The Labute approximate surface area is 143 Å². The van der Waals surface area contributed by atoms with Crippen molar-refractivity contribution in [1.29, 1.82) is 0 Å². The average molecular weight is 353 g/mol. The number of carbonyl (C=O) groups excluding carboxylic acids is 1. The first-order valence-corrected chi connectivity index (χ1v) is 8.12. The molecule has 0 saturated heterocycles. The standard InChI is InChI=1S/C15H19N3O3S2/c1-9-5-4-6-10(7-9)18-13(16)12(23-15(18)22)14(19)17-8-11(20-2)21-3/h4-7,11H,8,16H2,1-3H3,(H,17,19). The van der Waals surface area contributed by atoms with Crippen molar-refractivity contribution in [3.05, 3.63) is 38.7 Å². The van der Waals surface area contributed by atoms with Crippen molar-refractivity contribution in [3.8, 4) is 5.69 Å². The highest BCUT2D eigenvalue weighted by Gasteiger charge is 2.19. The van der Waals surface area contributed by atoms with E-state index in [0.29, 0.717) is 14.6 Å². The topological polar surface area (TPSA) is 78.5 Å². The summed E-state index contributed by atoms with van der Waals surface area (Å²) in [5, 5.41) is 2.73. The van der Waals surface area contributed by atoms with Gasteiger partial charge in [0, 0.05) is 19.9 Å². The lowest BCUT2D eigenvalue weighted by atomic mass is 10.2. The van der Waals surface area contributed by atoms with Crippen LogP contribution in [0.5, 0.6) is 0 Å². The van der Waals surface area contributed by atoms with E-state index in [4.69, 9.17) is 27.4 Å². The van der Waals surface area contributed by atoms with Gasteiger partial charge >= 0.3 is 0 Å². The highest BCUT2D eigenvalue weighted by atomic mass is 32.1. The first-order chi connectivity index (χ1) is 11.0. The molecular formula is C15H19N3O3S2. The van der Waals surface area contributed by atoms with Crippen LogP contribution >= 0.6 is 23.6 Å². The molecule has 0 aliphatic heterocycles. The molecule has 2 aromatic rings. The third kappa shape index (κ3) is 3.97. The summed E-state index contributed by atoms with van der Waals surface area (Å²) in [6.07, 6.45) is -0.507. The van der Waals surface area contributed by atoms with Crippen molar-refractivity contribution < 1.29 is 14.3 Å². The molecule has 1 aromatic carbocycles. The van der Waals surface area contributed by atoms with E-state index in [1.54, 1.807) is 4.57 Å². The zero-order valence-corrected chi connectivity index (χ0v) is 14.8. The van der Waals surface area contributed by atoms with Crippen LogP contribution in [0, 0.1) is 10.9 Å². The van der Waals surface area contributed by atoms with Crippen LogP contribution in [0.3, 0.4) is 0 Å². The predicted molar refractivity (Wildman–Crippen MR) is 93.8 cm³/mol. The molecule has 1 heterocycles. The number of methoxy groups -OCH3 is 2. The van der Waals surface area contributed by atoms with Gasteiger partial charge < -0.3 is 20.5 Å². The van der Waals surface area contributed by atoms with Crippen molar-refractivity contribution in [2.45, 2.75) is 13.2 Å². The average Bonchev–Trinajstić information content (AvgIpc) is 2.83. The van der Waals surface area contributed by atoms with E-state index in [-0.39, 0.29) is 12.5 Å². The summed E-state index contributed by atoms with van der Waals surface area (Å²) in [4.78, 5) is 12.7. The molecule has 23 heavy (non-hydrogen) atoms. The molecule has 8 heteroatoms. The van der Waals surface area contributed by atoms with Gasteiger partial charge in [-0.1, -0.05) is 23.5 Å². The monoisotopic (exact) mass is 353 g/mol. The van der Waals surface area contributed by atoms with Gasteiger partial charge in [-0.3, -0.25) is 9.36 Å². The van der Waals surface area contributed by atoms with Crippen molar-refractivity contribution in [1.82, 2.24) is 9.88 Å². The molecule has 0 fully saturated rings. The fourth-order valence-corrected chi connectivity index (χ4v) is 3.36. The normalized spacial score (nSPS) is 11.0. The van der Waals surface area contributed by atoms with Crippen molar-refractivity contribution in [2.75, 3.05) is 26.5 Å². The molecule has 0 radical (unpaired) electrons. The number of amides is 1. The van der Waals surface area contributed by atoms with Gasteiger partial charge in [-0.25, -0.2) is 0 Å². The summed E-state index contributed by atoms with van der Waals surface area (Å²) in [7, 11) is 3.01. The molecule has 0 atom stereocenters. The third-order valence-corrected chi connectivity index (χ3v) is 4.66. The Morgan fingerprint density at radius 3 is 2.74 bits per heavy atom. The highest BCUT2D eigenvalue weighted by Crippen LogP contribution is 2.26. The Balaban J connectivity index is 2.27. The molecule has 0 unspecified atom stereocenters. The van der Waals surface area contributed by atoms with Gasteiger partial charge in [0.2, 0.25) is 0 Å². The number of benzene rings is 1. The fourth-order valence-electron chi connectivity index (χ4n) is 2.08. The van der Waals surface area contributed by atoms with E-state index in [2.05, 4.69) is 5.32 Å². The first-order valence-electron chi connectivity index (χ1n) is 6.90. The first kappa shape index (κ1) is 17.6. The van der Waals surface area contributed by atoms with Crippen LogP contribution in [0.1, 0.15) is 15.2 Å². The largest absolute Gasteiger partial charge is 0.383 e. The second-order valence-corrected chi connectivity index (χ2v) is 6.51. The molecule has 1 amide bonds.